The minimum absolute atomic E-state index is 0.00295. The second kappa shape index (κ2) is 5.53. The molecule has 98 valence electrons. The Morgan fingerprint density at radius 1 is 1.11 bits per heavy atom. The zero-order valence-electron chi connectivity index (χ0n) is 11.1. The van der Waals surface area contributed by atoms with Crippen LogP contribution in [0.2, 0.25) is 0 Å². The zero-order valence-corrected chi connectivity index (χ0v) is 11.1. The van der Waals surface area contributed by atoms with Gasteiger partial charge in [-0.3, -0.25) is 4.79 Å². The van der Waals surface area contributed by atoms with Crippen LogP contribution in [-0.4, -0.2) is 23.2 Å². The Bertz CT molecular complexity index is 414. The molecular weight excluding hydrogens is 226 g/mol. The van der Waals surface area contributed by atoms with Crippen LogP contribution in [0.25, 0.3) is 0 Å². The Kier molecular flexibility index (Phi) is 4.02. The number of amides is 1. The van der Waals surface area contributed by atoms with Crippen LogP contribution < -0.4 is 5.32 Å². The second-order valence-corrected chi connectivity index (χ2v) is 5.36. The first-order valence-corrected chi connectivity index (χ1v) is 6.62. The van der Waals surface area contributed by atoms with Gasteiger partial charge in [0.15, 0.2) is 0 Å². The zero-order chi connectivity index (χ0) is 13.1. The Balaban J connectivity index is 1.99. The van der Waals surface area contributed by atoms with Crippen molar-refractivity contribution in [1.82, 2.24) is 5.32 Å². The topological polar surface area (TPSA) is 49.3 Å². The maximum absolute atomic E-state index is 12.1. The fourth-order valence-corrected chi connectivity index (χ4v) is 2.59. The van der Waals surface area contributed by atoms with E-state index in [0.29, 0.717) is 0 Å². The van der Waals surface area contributed by atoms with E-state index in [0.717, 1.165) is 42.4 Å². The van der Waals surface area contributed by atoms with Crippen molar-refractivity contribution in [2.75, 3.05) is 0 Å². The number of carbonyl (C=O) groups is 1. The van der Waals surface area contributed by atoms with Gasteiger partial charge in [-0.15, -0.1) is 0 Å². The maximum atomic E-state index is 12.1. The molecule has 0 spiro atoms. The molecule has 0 heterocycles. The van der Waals surface area contributed by atoms with Gasteiger partial charge in [0.2, 0.25) is 0 Å². The highest BCUT2D eigenvalue weighted by atomic mass is 16.3. The number of carbonyl (C=O) groups excluding carboxylic acids is 1. The lowest BCUT2D eigenvalue weighted by atomic mass is 9.93. The molecule has 0 unspecified atom stereocenters. The van der Waals surface area contributed by atoms with Crippen LogP contribution in [0, 0.1) is 13.8 Å². The van der Waals surface area contributed by atoms with E-state index in [9.17, 15) is 9.90 Å². The van der Waals surface area contributed by atoms with E-state index in [-0.39, 0.29) is 18.1 Å². The van der Waals surface area contributed by atoms with Crippen molar-refractivity contribution < 1.29 is 9.90 Å². The molecule has 1 aliphatic rings. The van der Waals surface area contributed by atoms with Gasteiger partial charge >= 0.3 is 0 Å². The SMILES string of the molecule is Cc1cc(C)cc(C(=O)NC2CCC(O)CC2)c1. The molecule has 1 aromatic rings. The Morgan fingerprint density at radius 3 is 2.22 bits per heavy atom. The summed E-state index contributed by atoms with van der Waals surface area (Å²) in [6.45, 7) is 4.00. The number of aryl methyl sites for hydroxylation is 2. The molecule has 1 amide bonds. The van der Waals surface area contributed by atoms with Crippen LogP contribution in [0.5, 0.6) is 0 Å². The first-order valence-electron chi connectivity index (χ1n) is 6.62. The van der Waals surface area contributed by atoms with Gasteiger partial charge in [0.25, 0.3) is 5.91 Å². The van der Waals surface area contributed by atoms with E-state index in [1.807, 2.05) is 26.0 Å². The molecule has 1 saturated carbocycles. The van der Waals surface area contributed by atoms with Gasteiger partial charge < -0.3 is 10.4 Å². The number of benzene rings is 1. The van der Waals surface area contributed by atoms with Crippen molar-refractivity contribution in [2.45, 2.75) is 51.7 Å². The molecule has 3 heteroatoms. The molecule has 0 bridgehead atoms. The number of aliphatic hydroxyl groups excluding tert-OH is 1. The summed E-state index contributed by atoms with van der Waals surface area (Å²) in [5, 5.41) is 12.5. The highest BCUT2D eigenvalue weighted by Crippen LogP contribution is 2.19. The van der Waals surface area contributed by atoms with E-state index in [2.05, 4.69) is 11.4 Å². The molecule has 2 N–H and O–H groups in total. The Hall–Kier alpha value is -1.35. The van der Waals surface area contributed by atoms with Crippen LogP contribution in [0.4, 0.5) is 0 Å². The fraction of sp³-hybridized carbons (Fsp3) is 0.533. The van der Waals surface area contributed by atoms with Crippen LogP contribution in [0.15, 0.2) is 18.2 Å². The van der Waals surface area contributed by atoms with Gasteiger partial charge in [0.05, 0.1) is 6.10 Å². The summed E-state index contributed by atoms with van der Waals surface area (Å²) < 4.78 is 0. The molecule has 1 aromatic carbocycles. The predicted molar refractivity (Wildman–Crippen MR) is 71.6 cm³/mol. The minimum Gasteiger partial charge on any atom is -0.393 e. The first kappa shape index (κ1) is 13.1. The molecular formula is C15H21NO2. The molecule has 3 nitrogen and oxygen atoms in total. The summed E-state index contributed by atoms with van der Waals surface area (Å²) in [6, 6.07) is 6.11. The molecule has 2 rings (SSSR count). The number of nitrogens with one attached hydrogen (secondary N) is 1. The van der Waals surface area contributed by atoms with Crippen molar-refractivity contribution in [3.05, 3.63) is 34.9 Å². The summed E-state index contributed by atoms with van der Waals surface area (Å²) in [7, 11) is 0. The van der Waals surface area contributed by atoms with Gasteiger partial charge in [-0.05, 0) is 51.7 Å². The smallest absolute Gasteiger partial charge is 0.251 e. The fourth-order valence-electron chi connectivity index (χ4n) is 2.59. The van der Waals surface area contributed by atoms with Crippen molar-refractivity contribution >= 4 is 5.91 Å². The average molecular weight is 247 g/mol. The number of aliphatic hydroxyl groups is 1. The monoisotopic (exact) mass is 247 g/mol. The predicted octanol–water partition coefficient (Wildman–Crippen LogP) is 2.34. The largest absolute Gasteiger partial charge is 0.393 e. The molecule has 1 aliphatic carbocycles. The first-order chi connectivity index (χ1) is 8.54. The lowest BCUT2D eigenvalue weighted by molar-refractivity contribution is 0.0867. The average Bonchev–Trinajstić information content (AvgIpc) is 2.31. The van der Waals surface area contributed by atoms with E-state index >= 15 is 0 Å². The number of hydrogen-bond acceptors (Lipinski definition) is 2. The summed E-state index contributed by atoms with van der Waals surface area (Å²) in [5.41, 5.74) is 2.96. The third-order valence-electron chi connectivity index (χ3n) is 3.52. The number of hydrogen-bond donors (Lipinski definition) is 2. The summed E-state index contributed by atoms with van der Waals surface area (Å²) in [4.78, 5) is 12.1. The maximum Gasteiger partial charge on any atom is 0.251 e. The standard InChI is InChI=1S/C15H21NO2/c1-10-7-11(2)9-12(8-10)15(18)16-13-3-5-14(17)6-4-13/h7-9,13-14,17H,3-6H2,1-2H3,(H,16,18). The molecule has 0 aromatic heterocycles. The highest BCUT2D eigenvalue weighted by Gasteiger charge is 2.21. The van der Waals surface area contributed by atoms with Gasteiger partial charge in [0.1, 0.15) is 0 Å². The minimum atomic E-state index is -0.181. The van der Waals surface area contributed by atoms with E-state index in [1.54, 1.807) is 0 Å². The van der Waals surface area contributed by atoms with Gasteiger partial charge in [0, 0.05) is 11.6 Å². The summed E-state index contributed by atoms with van der Waals surface area (Å²) in [5.74, 6) is 0.00295. The van der Waals surface area contributed by atoms with Gasteiger partial charge in [-0.25, -0.2) is 0 Å². The Labute approximate surface area is 108 Å². The molecule has 1 fully saturated rings. The van der Waals surface area contributed by atoms with E-state index in [4.69, 9.17) is 0 Å². The third-order valence-corrected chi connectivity index (χ3v) is 3.52. The lowest BCUT2D eigenvalue weighted by Crippen LogP contribution is -2.38. The third kappa shape index (κ3) is 3.33. The number of rotatable bonds is 2. The van der Waals surface area contributed by atoms with Gasteiger partial charge in [-0.2, -0.15) is 0 Å². The Morgan fingerprint density at radius 2 is 1.67 bits per heavy atom. The van der Waals surface area contributed by atoms with Crippen LogP contribution in [0.3, 0.4) is 0 Å². The van der Waals surface area contributed by atoms with Crippen molar-refractivity contribution in [3.63, 3.8) is 0 Å². The molecule has 0 aliphatic heterocycles. The van der Waals surface area contributed by atoms with Crippen LogP contribution in [-0.2, 0) is 0 Å². The molecule has 0 radical (unpaired) electrons. The van der Waals surface area contributed by atoms with Crippen molar-refractivity contribution in [2.24, 2.45) is 0 Å². The summed E-state index contributed by atoms with van der Waals surface area (Å²) in [6.07, 6.45) is 3.14. The summed E-state index contributed by atoms with van der Waals surface area (Å²) >= 11 is 0. The normalized spacial score (nSPS) is 23.7. The lowest BCUT2D eigenvalue weighted by Gasteiger charge is -2.26. The second-order valence-electron chi connectivity index (χ2n) is 5.36. The van der Waals surface area contributed by atoms with Gasteiger partial charge in [-0.1, -0.05) is 17.2 Å². The highest BCUT2D eigenvalue weighted by molar-refractivity contribution is 5.94. The quantitative estimate of drug-likeness (QED) is 0.842. The van der Waals surface area contributed by atoms with E-state index < -0.39 is 0 Å². The van der Waals surface area contributed by atoms with E-state index in [1.165, 1.54) is 0 Å². The van der Waals surface area contributed by atoms with Crippen LogP contribution in [0.1, 0.15) is 47.2 Å². The molecule has 18 heavy (non-hydrogen) atoms. The molecule has 0 atom stereocenters. The van der Waals surface area contributed by atoms with Crippen molar-refractivity contribution in [1.29, 1.82) is 0 Å². The van der Waals surface area contributed by atoms with Crippen molar-refractivity contribution in [3.8, 4) is 0 Å². The molecule has 0 saturated heterocycles. The van der Waals surface area contributed by atoms with Crippen LogP contribution >= 0.6 is 0 Å².